The topological polar surface area (TPSA) is 116 Å². The zero-order chi connectivity index (χ0) is 22.1. The van der Waals surface area contributed by atoms with Crippen molar-refractivity contribution < 1.29 is 32.3 Å². The number of esters is 1. The van der Waals surface area contributed by atoms with Gasteiger partial charge < -0.3 is 15.8 Å². The molecular formula is C17H19F3N4O4S. The van der Waals surface area contributed by atoms with E-state index in [9.17, 15) is 27.6 Å². The molecule has 2 aromatic rings. The fourth-order valence-electron chi connectivity index (χ4n) is 2.55. The summed E-state index contributed by atoms with van der Waals surface area (Å²) in [7, 11) is 0. The van der Waals surface area contributed by atoms with E-state index in [4.69, 9.17) is 10.5 Å². The number of nitrogens with two attached hydrogens (primary N) is 1. The number of anilines is 1. The SMILES string of the molecule is Cc1cc(C(F)(F)F)n(CC(=O)Nc2sc(C(N)=O)c(C)c2C(=O)OC(C)C)n1. The summed E-state index contributed by atoms with van der Waals surface area (Å²) in [5, 5.41) is 6.00. The molecule has 2 heterocycles. The number of rotatable bonds is 6. The number of nitrogens with one attached hydrogen (secondary N) is 1. The van der Waals surface area contributed by atoms with Crippen molar-refractivity contribution in [3.8, 4) is 0 Å². The number of nitrogens with zero attached hydrogens (tertiary/aromatic N) is 2. The van der Waals surface area contributed by atoms with Crippen LogP contribution >= 0.6 is 11.3 Å². The first-order chi connectivity index (χ1) is 13.3. The van der Waals surface area contributed by atoms with Crippen LogP contribution < -0.4 is 11.1 Å². The number of thiophene rings is 1. The number of carbonyl (C=O) groups is 3. The van der Waals surface area contributed by atoms with Crippen molar-refractivity contribution in [3.05, 3.63) is 33.5 Å². The molecule has 2 rings (SSSR count). The molecular weight excluding hydrogens is 413 g/mol. The molecule has 0 fully saturated rings. The van der Waals surface area contributed by atoms with Gasteiger partial charge in [-0.2, -0.15) is 18.3 Å². The fraction of sp³-hybridized carbons (Fsp3) is 0.412. The highest BCUT2D eigenvalue weighted by Crippen LogP contribution is 2.34. The van der Waals surface area contributed by atoms with Crippen molar-refractivity contribution in [2.24, 2.45) is 5.73 Å². The van der Waals surface area contributed by atoms with Crippen molar-refractivity contribution in [1.82, 2.24) is 9.78 Å². The van der Waals surface area contributed by atoms with Gasteiger partial charge in [-0.25, -0.2) is 4.79 Å². The van der Waals surface area contributed by atoms with E-state index in [1.54, 1.807) is 13.8 Å². The summed E-state index contributed by atoms with van der Waals surface area (Å²) in [5.74, 6) is -2.47. The van der Waals surface area contributed by atoms with Crippen molar-refractivity contribution in [3.63, 3.8) is 0 Å². The monoisotopic (exact) mass is 432 g/mol. The maximum absolute atomic E-state index is 13.1. The number of primary amides is 1. The summed E-state index contributed by atoms with van der Waals surface area (Å²) in [6, 6.07) is 0.819. The number of hydrogen-bond donors (Lipinski definition) is 2. The lowest BCUT2D eigenvalue weighted by molar-refractivity contribution is -0.144. The number of ether oxygens (including phenoxy) is 1. The lowest BCUT2D eigenvalue weighted by Gasteiger charge is -2.12. The van der Waals surface area contributed by atoms with E-state index in [0.29, 0.717) is 4.68 Å². The zero-order valence-corrected chi connectivity index (χ0v) is 16.8. The van der Waals surface area contributed by atoms with E-state index in [-0.39, 0.29) is 26.7 Å². The molecule has 0 unspecified atom stereocenters. The van der Waals surface area contributed by atoms with E-state index >= 15 is 0 Å². The molecule has 0 saturated carbocycles. The predicted molar refractivity (Wildman–Crippen MR) is 98.7 cm³/mol. The Labute approximate surface area is 167 Å². The zero-order valence-electron chi connectivity index (χ0n) is 16.0. The summed E-state index contributed by atoms with van der Waals surface area (Å²) in [5.41, 5.74) is 4.45. The Morgan fingerprint density at radius 2 is 1.93 bits per heavy atom. The molecule has 0 radical (unpaired) electrons. The van der Waals surface area contributed by atoms with Gasteiger partial charge in [-0.3, -0.25) is 14.3 Å². The number of aryl methyl sites for hydroxylation is 1. The Morgan fingerprint density at radius 1 is 1.31 bits per heavy atom. The molecule has 0 saturated heterocycles. The molecule has 29 heavy (non-hydrogen) atoms. The second kappa shape index (κ2) is 8.23. The average Bonchev–Trinajstić information content (AvgIpc) is 3.06. The second-order valence-corrected chi connectivity index (χ2v) is 7.47. The number of carbonyl (C=O) groups excluding carboxylic acids is 3. The fourth-order valence-corrected chi connectivity index (χ4v) is 3.61. The molecule has 0 aliphatic carbocycles. The van der Waals surface area contributed by atoms with Crippen LogP contribution in [0.25, 0.3) is 0 Å². The van der Waals surface area contributed by atoms with E-state index in [2.05, 4.69) is 10.4 Å². The minimum absolute atomic E-state index is 0.0296. The molecule has 0 aliphatic rings. The number of halogens is 3. The largest absolute Gasteiger partial charge is 0.459 e. The highest BCUT2D eigenvalue weighted by molar-refractivity contribution is 7.18. The molecule has 0 aliphatic heterocycles. The van der Waals surface area contributed by atoms with Gasteiger partial charge in [0.1, 0.15) is 17.2 Å². The highest BCUT2D eigenvalue weighted by atomic mass is 32.1. The van der Waals surface area contributed by atoms with Gasteiger partial charge in [-0.15, -0.1) is 11.3 Å². The third kappa shape index (κ3) is 5.13. The minimum atomic E-state index is -4.69. The van der Waals surface area contributed by atoms with Gasteiger partial charge in [-0.1, -0.05) is 0 Å². The minimum Gasteiger partial charge on any atom is -0.459 e. The van der Waals surface area contributed by atoms with Crippen LogP contribution in [0.3, 0.4) is 0 Å². The molecule has 2 amide bonds. The van der Waals surface area contributed by atoms with Crippen LogP contribution in [0.2, 0.25) is 0 Å². The van der Waals surface area contributed by atoms with E-state index < -0.39 is 42.3 Å². The molecule has 158 valence electrons. The van der Waals surface area contributed by atoms with Gasteiger partial charge >= 0.3 is 12.1 Å². The lowest BCUT2D eigenvalue weighted by Crippen LogP contribution is -2.24. The van der Waals surface area contributed by atoms with Gasteiger partial charge in [0.05, 0.1) is 22.2 Å². The molecule has 0 spiro atoms. The third-order valence-corrected chi connectivity index (χ3v) is 4.88. The molecule has 0 aromatic carbocycles. The Morgan fingerprint density at radius 3 is 2.45 bits per heavy atom. The average molecular weight is 432 g/mol. The summed E-state index contributed by atoms with van der Waals surface area (Å²) in [6.45, 7) is 5.31. The molecule has 0 atom stereocenters. The summed E-state index contributed by atoms with van der Waals surface area (Å²) < 4.78 is 44.9. The first-order valence-electron chi connectivity index (χ1n) is 8.37. The standard InChI is InChI=1S/C17H19F3N4O4S/c1-7(2)28-16(27)12-9(4)13(14(21)26)29-15(12)22-11(25)6-24-10(17(18,19)20)5-8(3)23-24/h5,7H,6H2,1-4H3,(H2,21,26)(H,22,25). The predicted octanol–water partition coefficient (Wildman–Crippen LogP) is 2.88. The summed E-state index contributed by atoms with van der Waals surface area (Å²) in [4.78, 5) is 36.4. The Hall–Kier alpha value is -2.89. The van der Waals surface area contributed by atoms with E-state index in [1.807, 2.05) is 0 Å². The van der Waals surface area contributed by atoms with Gasteiger partial charge in [0, 0.05) is 0 Å². The number of amides is 2. The van der Waals surface area contributed by atoms with Crippen LogP contribution in [0.5, 0.6) is 0 Å². The number of alkyl halides is 3. The van der Waals surface area contributed by atoms with Crippen molar-refractivity contribution in [1.29, 1.82) is 0 Å². The van der Waals surface area contributed by atoms with Gasteiger partial charge in [-0.05, 0) is 39.3 Å². The van der Waals surface area contributed by atoms with Gasteiger partial charge in [0.2, 0.25) is 5.91 Å². The van der Waals surface area contributed by atoms with Crippen molar-refractivity contribution in [2.45, 2.75) is 46.5 Å². The second-order valence-electron chi connectivity index (χ2n) is 6.45. The molecule has 0 bridgehead atoms. The molecule has 8 nitrogen and oxygen atoms in total. The van der Waals surface area contributed by atoms with Crippen molar-refractivity contribution in [2.75, 3.05) is 5.32 Å². The van der Waals surface area contributed by atoms with Crippen LogP contribution in [-0.2, 0) is 22.3 Å². The van der Waals surface area contributed by atoms with Crippen LogP contribution in [0.4, 0.5) is 18.2 Å². The highest BCUT2D eigenvalue weighted by Gasteiger charge is 2.36. The smallest absolute Gasteiger partial charge is 0.433 e. The Bertz CT molecular complexity index is 963. The van der Waals surface area contributed by atoms with Crippen LogP contribution in [0.1, 0.15) is 50.8 Å². The first kappa shape index (κ1) is 22.4. The maximum Gasteiger partial charge on any atom is 0.433 e. The van der Waals surface area contributed by atoms with Gasteiger partial charge in [0.15, 0.2) is 0 Å². The van der Waals surface area contributed by atoms with E-state index in [0.717, 1.165) is 17.4 Å². The quantitative estimate of drug-likeness (QED) is 0.681. The third-order valence-electron chi connectivity index (χ3n) is 3.66. The van der Waals surface area contributed by atoms with Crippen LogP contribution in [0, 0.1) is 13.8 Å². The number of aromatic nitrogens is 2. The normalized spacial score (nSPS) is 11.6. The molecule has 2 aromatic heterocycles. The maximum atomic E-state index is 13.1. The lowest BCUT2D eigenvalue weighted by atomic mass is 10.1. The van der Waals surface area contributed by atoms with E-state index in [1.165, 1.54) is 13.8 Å². The Balaban J connectivity index is 2.34. The van der Waals surface area contributed by atoms with Gasteiger partial charge in [0.25, 0.3) is 5.91 Å². The summed E-state index contributed by atoms with van der Waals surface area (Å²) in [6.07, 6.45) is -5.16. The van der Waals surface area contributed by atoms with Crippen LogP contribution in [-0.4, -0.2) is 33.7 Å². The molecule has 3 N–H and O–H groups in total. The van der Waals surface area contributed by atoms with Crippen molar-refractivity contribution >= 4 is 34.1 Å². The Kier molecular flexibility index (Phi) is 6.36. The van der Waals surface area contributed by atoms with Crippen LogP contribution in [0.15, 0.2) is 6.07 Å². The molecule has 12 heteroatoms. The summed E-state index contributed by atoms with van der Waals surface area (Å²) >= 11 is 0.744. The first-order valence-corrected chi connectivity index (χ1v) is 9.18. The number of hydrogen-bond acceptors (Lipinski definition) is 6.